The van der Waals surface area contributed by atoms with E-state index < -0.39 is 21.8 Å². The van der Waals surface area contributed by atoms with Gasteiger partial charge in [-0.25, -0.2) is 4.79 Å². The van der Waals surface area contributed by atoms with Gasteiger partial charge in [-0.05, 0) is 23.6 Å². The smallest absolute Gasteiger partial charge is 0.507 e. The number of carboxylic acid groups (broad SMARTS) is 1. The maximum Gasteiger partial charge on any atom is 1.00 e. The van der Waals surface area contributed by atoms with Crippen LogP contribution in [0.3, 0.4) is 0 Å². The van der Waals surface area contributed by atoms with E-state index in [4.69, 9.17) is 9.66 Å². The van der Waals surface area contributed by atoms with Gasteiger partial charge >= 0.3 is 57.4 Å². The number of hydrogen-bond acceptors (Lipinski definition) is 4. The Labute approximate surface area is 151 Å². The maximum absolute atomic E-state index is 11.1. The fourth-order valence-electron chi connectivity index (χ4n) is 1.68. The van der Waals surface area contributed by atoms with E-state index in [1.807, 2.05) is 0 Å². The SMILES string of the molecule is O=C(O)c1cc2cccc(S(=O)(=O)O)c2cc1O.[K+]. The molecule has 0 aliphatic rings. The second-order valence-electron chi connectivity index (χ2n) is 3.63. The van der Waals surface area contributed by atoms with E-state index in [1.165, 1.54) is 12.1 Å². The van der Waals surface area contributed by atoms with E-state index in [9.17, 15) is 18.3 Å². The minimum atomic E-state index is -4.44. The molecule has 2 aromatic carbocycles. The van der Waals surface area contributed by atoms with Crippen LogP contribution in [0.25, 0.3) is 10.8 Å². The zero-order valence-electron chi connectivity index (χ0n) is 9.86. The average molecular weight is 307 g/mol. The van der Waals surface area contributed by atoms with E-state index in [0.29, 0.717) is 5.39 Å². The van der Waals surface area contributed by atoms with Crippen molar-refractivity contribution >= 4 is 26.9 Å². The van der Waals surface area contributed by atoms with Gasteiger partial charge in [-0.3, -0.25) is 4.55 Å². The van der Waals surface area contributed by atoms with E-state index in [2.05, 4.69) is 0 Å². The Morgan fingerprint density at radius 2 is 1.79 bits per heavy atom. The maximum atomic E-state index is 11.1. The van der Waals surface area contributed by atoms with Gasteiger partial charge in [0.25, 0.3) is 10.1 Å². The van der Waals surface area contributed by atoms with Gasteiger partial charge in [0.1, 0.15) is 16.2 Å². The number of fused-ring (bicyclic) bond motifs is 1. The van der Waals surface area contributed by atoms with Crippen molar-refractivity contribution in [3.8, 4) is 5.75 Å². The number of aromatic carboxylic acids is 1. The van der Waals surface area contributed by atoms with Crippen molar-refractivity contribution in [1.29, 1.82) is 0 Å². The number of rotatable bonds is 2. The summed E-state index contributed by atoms with van der Waals surface area (Å²) in [6, 6.07) is 6.16. The zero-order valence-corrected chi connectivity index (χ0v) is 13.8. The fourth-order valence-corrected chi connectivity index (χ4v) is 2.39. The molecule has 0 atom stereocenters. The van der Waals surface area contributed by atoms with Gasteiger partial charge in [0.2, 0.25) is 0 Å². The van der Waals surface area contributed by atoms with Crippen LogP contribution in [-0.4, -0.2) is 29.2 Å². The topological polar surface area (TPSA) is 112 Å². The minimum absolute atomic E-state index is 0. The number of aromatic hydroxyl groups is 1. The molecule has 2 aromatic rings. The summed E-state index contributed by atoms with van der Waals surface area (Å²) in [4.78, 5) is 10.4. The molecule has 94 valence electrons. The Hall–Kier alpha value is -0.484. The van der Waals surface area contributed by atoms with Crippen LogP contribution < -0.4 is 51.4 Å². The summed E-state index contributed by atoms with van der Waals surface area (Å²) in [6.07, 6.45) is 0. The first-order valence-electron chi connectivity index (χ1n) is 4.77. The molecule has 3 N–H and O–H groups in total. The number of hydrogen-bond donors (Lipinski definition) is 3. The first kappa shape index (κ1) is 16.6. The quantitative estimate of drug-likeness (QED) is 0.459. The molecule has 0 fully saturated rings. The Morgan fingerprint density at radius 3 is 2.32 bits per heavy atom. The molecule has 0 unspecified atom stereocenters. The van der Waals surface area contributed by atoms with Crippen molar-refractivity contribution in [3.05, 3.63) is 35.9 Å². The molecule has 0 aliphatic heterocycles. The van der Waals surface area contributed by atoms with Crippen LogP contribution >= 0.6 is 0 Å². The van der Waals surface area contributed by atoms with Crippen LogP contribution in [0.2, 0.25) is 0 Å². The van der Waals surface area contributed by atoms with Gasteiger partial charge in [0.15, 0.2) is 0 Å². The summed E-state index contributed by atoms with van der Waals surface area (Å²) in [6.45, 7) is 0. The monoisotopic (exact) mass is 307 g/mol. The van der Waals surface area contributed by atoms with E-state index in [0.717, 1.165) is 18.2 Å². The first-order chi connectivity index (χ1) is 8.30. The summed E-state index contributed by atoms with van der Waals surface area (Å²) in [5.74, 6) is -1.89. The van der Waals surface area contributed by atoms with Crippen LogP contribution in [0.15, 0.2) is 35.2 Å². The molecule has 0 aliphatic carbocycles. The van der Waals surface area contributed by atoms with Crippen LogP contribution in [0, 0.1) is 0 Å². The molecule has 0 aromatic heterocycles. The molecular weight excluding hydrogens is 299 g/mol. The fraction of sp³-hybridized carbons (Fsp3) is 0. The largest absolute Gasteiger partial charge is 1.00 e. The number of benzene rings is 2. The molecule has 0 radical (unpaired) electrons. The molecule has 0 saturated heterocycles. The van der Waals surface area contributed by atoms with E-state index in [1.54, 1.807) is 0 Å². The normalized spacial score (nSPS) is 11.0. The molecule has 0 amide bonds. The van der Waals surface area contributed by atoms with E-state index in [-0.39, 0.29) is 67.2 Å². The van der Waals surface area contributed by atoms with Crippen molar-refractivity contribution in [3.63, 3.8) is 0 Å². The summed E-state index contributed by atoms with van der Waals surface area (Å²) >= 11 is 0. The molecule has 19 heavy (non-hydrogen) atoms. The molecule has 0 saturated carbocycles. The molecular formula is C11H8KO6S+. The first-order valence-corrected chi connectivity index (χ1v) is 6.21. The minimum Gasteiger partial charge on any atom is -0.507 e. The van der Waals surface area contributed by atoms with Crippen molar-refractivity contribution in [2.75, 3.05) is 0 Å². The molecule has 8 heteroatoms. The Morgan fingerprint density at radius 1 is 1.16 bits per heavy atom. The van der Waals surface area contributed by atoms with Gasteiger partial charge in [-0.15, -0.1) is 0 Å². The third-order valence-electron chi connectivity index (χ3n) is 2.47. The van der Waals surface area contributed by atoms with Gasteiger partial charge in [0.05, 0.1) is 0 Å². The molecule has 2 rings (SSSR count). The van der Waals surface area contributed by atoms with Gasteiger partial charge < -0.3 is 10.2 Å². The van der Waals surface area contributed by atoms with Crippen molar-refractivity contribution in [1.82, 2.24) is 0 Å². The van der Waals surface area contributed by atoms with E-state index >= 15 is 0 Å². The standard InChI is InChI=1S/C11H8O6S.K/c12-9-5-7-6(4-8(9)11(13)14)2-1-3-10(7)18(15,16)17;/h1-5,12H,(H,13,14)(H,15,16,17);/q;+1. The Kier molecular flexibility index (Phi) is 5.12. The average Bonchev–Trinajstić information content (AvgIpc) is 2.25. The van der Waals surface area contributed by atoms with Gasteiger partial charge in [-0.1, -0.05) is 12.1 Å². The van der Waals surface area contributed by atoms with Crippen LogP contribution in [0.1, 0.15) is 10.4 Å². The molecule has 0 heterocycles. The van der Waals surface area contributed by atoms with Crippen LogP contribution in [0.5, 0.6) is 5.75 Å². The predicted octanol–water partition coefficient (Wildman–Crippen LogP) is -1.51. The molecule has 0 spiro atoms. The van der Waals surface area contributed by atoms with Crippen molar-refractivity contribution in [2.24, 2.45) is 0 Å². The van der Waals surface area contributed by atoms with Crippen LogP contribution in [-0.2, 0) is 10.1 Å². The number of carbonyl (C=O) groups is 1. The second kappa shape index (κ2) is 5.88. The Balaban J connectivity index is 0.00000180. The molecule has 6 nitrogen and oxygen atoms in total. The summed E-state index contributed by atoms with van der Waals surface area (Å²) in [7, 11) is -4.44. The van der Waals surface area contributed by atoms with Crippen LogP contribution in [0.4, 0.5) is 0 Å². The number of carboxylic acids is 1. The number of phenols is 1. The van der Waals surface area contributed by atoms with Gasteiger partial charge in [0, 0.05) is 5.39 Å². The third kappa shape index (κ3) is 3.34. The van der Waals surface area contributed by atoms with Crippen molar-refractivity contribution < 1.29 is 79.4 Å². The zero-order chi connectivity index (χ0) is 13.5. The predicted molar refractivity (Wildman–Crippen MR) is 62.4 cm³/mol. The van der Waals surface area contributed by atoms with Crippen molar-refractivity contribution in [2.45, 2.75) is 4.90 Å². The third-order valence-corrected chi connectivity index (χ3v) is 3.38. The summed E-state index contributed by atoms with van der Waals surface area (Å²) < 4.78 is 31.3. The summed E-state index contributed by atoms with van der Waals surface area (Å²) in [5.41, 5.74) is -0.338. The summed E-state index contributed by atoms with van der Waals surface area (Å²) in [5, 5.41) is 18.7. The second-order valence-corrected chi connectivity index (χ2v) is 5.02. The van der Waals surface area contributed by atoms with Gasteiger partial charge in [-0.2, -0.15) is 8.42 Å². The molecule has 0 bridgehead atoms. The Bertz CT molecular complexity index is 753.